The van der Waals surface area contributed by atoms with Crippen LogP contribution in [0, 0.1) is 0 Å². The zero-order chi connectivity index (χ0) is 24.4. The molecule has 0 radical (unpaired) electrons. The molecule has 6 heteroatoms. The third-order valence-corrected chi connectivity index (χ3v) is 7.41. The number of nitrogens with zero attached hydrogens (tertiary/aromatic N) is 1. The van der Waals surface area contributed by atoms with E-state index in [4.69, 9.17) is 16.3 Å². The molecule has 2 amide bonds. The fourth-order valence-electron chi connectivity index (χ4n) is 5.54. The van der Waals surface area contributed by atoms with Crippen molar-refractivity contribution < 1.29 is 14.3 Å². The Morgan fingerprint density at radius 2 is 1.71 bits per heavy atom. The Kier molecular flexibility index (Phi) is 6.78. The predicted molar refractivity (Wildman–Crippen MR) is 138 cm³/mol. The Morgan fingerprint density at radius 1 is 0.971 bits per heavy atom. The molecule has 3 aromatic rings. The molecule has 0 saturated heterocycles. The lowest BCUT2D eigenvalue weighted by molar-refractivity contribution is -0.119. The molecule has 3 aromatic carbocycles. The molecule has 1 aliphatic carbocycles. The second kappa shape index (κ2) is 10.1. The van der Waals surface area contributed by atoms with Crippen LogP contribution in [-0.2, 0) is 4.79 Å². The fraction of sp³-hybridized carbons (Fsp3) is 0.310. The van der Waals surface area contributed by atoms with Crippen molar-refractivity contribution in [1.82, 2.24) is 4.90 Å². The third kappa shape index (κ3) is 4.65. The quantitative estimate of drug-likeness (QED) is 0.440. The molecule has 2 aliphatic rings. The molecule has 0 aromatic heterocycles. The van der Waals surface area contributed by atoms with Crippen molar-refractivity contribution >= 4 is 29.1 Å². The summed E-state index contributed by atoms with van der Waals surface area (Å²) in [6, 6.07) is 22.1. The summed E-state index contributed by atoms with van der Waals surface area (Å²) < 4.78 is 5.37. The van der Waals surface area contributed by atoms with Gasteiger partial charge in [0.2, 0.25) is 5.91 Å². The number of benzene rings is 3. The Bertz CT molecular complexity index is 1220. The third-order valence-electron chi connectivity index (χ3n) is 7.18. The number of halogens is 1. The van der Waals surface area contributed by atoms with E-state index in [1.165, 1.54) is 6.42 Å². The summed E-state index contributed by atoms with van der Waals surface area (Å²) in [5.41, 5.74) is 2.92. The van der Waals surface area contributed by atoms with Crippen molar-refractivity contribution in [2.24, 2.45) is 0 Å². The summed E-state index contributed by atoms with van der Waals surface area (Å²) >= 11 is 6.18. The topological polar surface area (TPSA) is 58.6 Å². The van der Waals surface area contributed by atoms with E-state index >= 15 is 0 Å². The number of ether oxygens (including phenoxy) is 1. The average molecular weight is 489 g/mol. The zero-order valence-electron chi connectivity index (χ0n) is 19.7. The lowest BCUT2D eigenvalue weighted by Crippen LogP contribution is -2.51. The maximum Gasteiger partial charge on any atom is 0.254 e. The first-order valence-corrected chi connectivity index (χ1v) is 12.6. The Hall–Kier alpha value is -3.31. The van der Waals surface area contributed by atoms with E-state index in [2.05, 4.69) is 5.32 Å². The molecule has 5 nitrogen and oxygen atoms in total. The SMILES string of the molecule is COc1ccc([C@@H]2[C@@H](C(=O)Nc3cccc(Cl)c3)c3ccccc3C(=O)N2C2CCCCC2)cc1. The van der Waals surface area contributed by atoms with Gasteiger partial charge in [0, 0.05) is 22.3 Å². The van der Waals surface area contributed by atoms with Gasteiger partial charge < -0.3 is 15.0 Å². The Balaban J connectivity index is 1.63. The minimum atomic E-state index is -0.571. The monoisotopic (exact) mass is 488 g/mol. The van der Waals surface area contributed by atoms with Gasteiger partial charge in [0.15, 0.2) is 0 Å². The van der Waals surface area contributed by atoms with Crippen LogP contribution in [-0.4, -0.2) is 29.9 Å². The standard InChI is InChI=1S/C29H29ClN2O3/c1-35-23-16-14-19(15-17-23)27-26(28(33)31-21-9-7-8-20(30)18-21)24-12-5-6-13-25(24)29(34)32(27)22-10-3-2-4-11-22/h5-9,12-18,22,26-27H,2-4,10-11H2,1H3,(H,31,33)/t26-,27+/m0/s1. The summed E-state index contributed by atoms with van der Waals surface area (Å²) in [7, 11) is 1.63. The van der Waals surface area contributed by atoms with Crippen molar-refractivity contribution in [3.8, 4) is 5.75 Å². The highest BCUT2D eigenvalue weighted by molar-refractivity contribution is 6.30. The van der Waals surface area contributed by atoms with E-state index in [9.17, 15) is 9.59 Å². The fourth-order valence-corrected chi connectivity index (χ4v) is 5.73. The highest BCUT2D eigenvalue weighted by atomic mass is 35.5. The second-order valence-corrected chi connectivity index (χ2v) is 9.72. The van der Waals surface area contributed by atoms with E-state index in [-0.39, 0.29) is 17.9 Å². The molecule has 0 bridgehead atoms. The van der Waals surface area contributed by atoms with Crippen LogP contribution in [0.5, 0.6) is 5.75 Å². The number of rotatable bonds is 5. The van der Waals surface area contributed by atoms with Crippen LogP contribution in [0.3, 0.4) is 0 Å². The van der Waals surface area contributed by atoms with Crippen LogP contribution in [0.1, 0.15) is 65.5 Å². The lowest BCUT2D eigenvalue weighted by Gasteiger charge is -2.46. The van der Waals surface area contributed by atoms with Crippen molar-refractivity contribution in [1.29, 1.82) is 0 Å². The molecule has 1 heterocycles. The molecular formula is C29H29ClN2O3. The molecule has 1 aliphatic heterocycles. The van der Waals surface area contributed by atoms with Gasteiger partial charge in [-0.05, 0) is 60.4 Å². The van der Waals surface area contributed by atoms with Gasteiger partial charge in [-0.3, -0.25) is 9.59 Å². The van der Waals surface area contributed by atoms with Gasteiger partial charge in [-0.15, -0.1) is 0 Å². The van der Waals surface area contributed by atoms with Crippen molar-refractivity contribution in [2.75, 3.05) is 12.4 Å². The van der Waals surface area contributed by atoms with E-state index in [0.29, 0.717) is 16.3 Å². The van der Waals surface area contributed by atoms with Crippen LogP contribution in [0.4, 0.5) is 5.69 Å². The number of amides is 2. The number of nitrogens with one attached hydrogen (secondary N) is 1. The van der Waals surface area contributed by atoms with Gasteiger partial charge in [0.25, 0.3) is 5.91 Å². The van der Waals surface area contributed by atoms with E-state index < -0.39 is 12.0 Å². The van der Waals surface area contributed by atoms with Gasteiger partial charge in [-0.1, -0.05) is 67.3 Å². The molecule has 180 valence electrons. The first kappa shape index (κ1) is 23.4. The number of carbonyl (C=O) groups is 2. The highest BCUT2D eigenvalue weighted by Crippen LogP contribution is 2.46. The minimum absolute atomic E-state index is 0.000114. The second-order valence-electron chi connectivity index (χ2n) is 9.29. The number of hydrogen-bond acceptors (Lipinski definition) is 3. The van der Waals surface area contributed by atoms with Gasteiger partial charge in [0.1, 0.15) is 5.75 Å². The number of anilines is 1. The Morgan fingerprint density at radius 3 is 2.43 bits per heavy atom. The average Bonchev–Trinajstić information content (AvgIpc) is 2.89. The van der Waals surface area contributed by atoms with Gasteiger partial charge in [0.05, 0.1) is 19.1 Å². The first-order chi connectivity index (χ1) is 17.1. The van der Waals surface area contributed by atoms with Gasteiger partial charge in [-0.2, -0.15) is 0 Å². The maximum atomic E-state index is 14.0. The molecule has 1 N–H and O–H groups in total. The summed E-state index contributed by atoms with van der Waals surface area (Å²) in [5, 5.41) is 3.62. The summed E-state index contributed by atoms with van der Waals surface area (Å²) in [5.74, 6) is 0.00704. The highest BCUT2D eigenvalue weighted by Gasteiger charge is 2.46. The van der Waals surface area contributed by atoms with Gasteiger partial charge >= 0.3 is 0 Å². The number of methoxy groups -OCH3 is 1. The van der Waals surface area contributed by atoms with Gasteiger partial charge in [-0.25, -0.2) is 0 Å². The van der Waals surface area contributed by atoms with Crippen molar-refractivity contribution in [2.45, 2.75) is 50.1 Å². The van der Waals surface area contributed by atoms with E-state index in [1.54, 1.807) is 19.2 Å². The molecular weight excluding hydrogens is 460 g/mol. The molecule has 2 atom stereocenters. The molecule has 5 rings (SSSR count). The molecule has 0 unspecified atom stereocenters. The molecule has 35 heavy (non-hydrogen) atoms. The van der Waals surface area contributed by atoms with Crippen molar-refractivity contribution in [3.05, 3.63) is 94.5 Å². The molecule has 0 spiro atoms. The molecule has 1 fully saturated rings. The maximum absolute atomic E-state index is 14.0. The lowest BCUT2D eigenvalue weighted by atomic mass is 9.77. The van der Waals surface area contributed by atoms with Crippen LogP contribution < -0.4 is 10.1 Å². The smallest absolute Gasteiger partial charge is 0.254 e. The normalized spacial score (nSPS) is 20.3. The summed E-state index contributed by atoms with van der Waals surface area (Å²) in [6.07, 6.45) is 5.25. The van der Waals surface area contributed by atoms with Crippen LogP contribution in [0.15, 0.2) is 72.8 Å². The number of hydrogen-bond donors (Lipinski definition) is 1. The number of carbonyl (C=O) groups excluding carboxylic acids is 2. The van der Waals surface area contributed by atoms with E-state index in [0.717, 1.165) is 42.6 Å². The summed E-state index contributed by atoms with van der Waals surface area (Å²) in [6.45, 7) is 0. The van der Waals surface area contributed by atoms with E-state index in [1.807, 2.05) is 65.6 Å². The largest absolute Gasteiger partial charge is 0.497 e. The van der Waals surface area contributed by atoms with Crippen molar-refractivity contribution in [3.63, 3.8) is 0 Å². The van der Waals surface area contributed by atoms with Crippen LogP contribution >= 0.6 is 11.6 Å². The molecule has 1 saturated carbocycles. The van der Waals surface area contributed by atoms with Crippen LogP contribution in [0.2, 0.25) is 5.02 Å². The van der Waals surface area contributed by atoms with Crippen LogP contribution in [0.25, 0.3) is 0 Å². The Labute approximate surface area is 211 Å². The number of fused-ring (bicyclic) bond motifs is 1. The predicted octanol–water partition coefficient (Wildman–Crippen LogP) is 6.60. The first-order valence-electron chi connectivity index (χ1n) is 12.2. The zero-order valence-corrected chi connectivity index (χ0v) is 20.5. The summed E-state index contributed by atoms with van der Waals surface area (Å²) in [4.78, 5) is 29.9. The minimum Gasteiger partial charge on any atom is -0.497 e.